The van der Waals surface area contributed by atoms with Crippen LogP contribution >= 0.6 is 11.8 Å². The molecule has 3 nitrogen and oxygen atoms in total. The molecule has 0 fully saturated rings. The van der Waals surface area contributed by atoms with Crippen molar-refractivity contribution in [2.45, 2.75) is 17.6 Å². The molecular weight excluding hydrogens is 289 g/mol. The van der Waals surface area contributed by atoms with Crippen molar-refractivity contribution in [1.82, 2.24) is 0 Å². The summed E-state index contributed by atoms with van der Waals surface area (Å²) in [5.41, 5.74) is 1.99. The van der Waals surface area contributed by atoms with E-state index in [-0.39, 0.29) is 5.56 Å². The Balaban J connectivity index is 2.19. The average Bonchev–Trinajstić information content (AvgIpc) is 2.46. The van der Waals surface area contributed by atoms with E-state index in [0.29, 0.717) is 16.9 Å². The first-order valence-corrected chi connectivity index (χ1v) is 7.15. The van der Waals surface area contributed by atoms with Gasteiger partial charge in [0.1, 0.15) is 5.82 Å². The molecular formula is C16H12FNO2S. The van der Waals surface area contributed by atoms with Crippen LogP contribution in [-0.4, -0.2) is 11.1 Å². The maximum Gasteiger partial charge on any atom is 0.335 e. The predicted molar refractivity (Wildman–Crippen MR) is 78.8 cm³/mol. The van der Waals surface area contributed by atoms with E-state index in [4.69, 9.17) is 10.4 Å². The second-order valence-corrected chi connectivity index (χ2v) is 5.53. The zero-order chi connectivity index (χ0) is 15.4. The van der Waals surface area contributed by atoms with Gasteiger partial charge in [0.05, 0.1) is 17.2 Å². The minimum atomic E-state index is -0.963. The average molecular weight is 301 g/mol. The maximum absolute atomic E-state index is 13.1. The van der Waals surface area contributed by atoms with Gasteiger partial charge in [0, 0.05) is 10.6 Å². The SMILES string of the molecule is Cc1ccc(SCc2ccc(F)cc2C#N)cc1C(=O)O. The van der Waals surface area contributed by atoms with Crippen LogP contribution in [-0.2, 0) is 5.75 Å². The van der Waals surface area contributed by atoms with Crippen molar-refractivity contribution in [3.63, 3.8) is 0 Å². The van der Waals surface area contributed by atoms with Gasteiger partial charge in [0.25, 0.3) is 0 Å². The predicted octanol–water partition coefficient (Wildman–Crippen LogP) is 4.00. The Labute approximate surface area is 126 Å². The van der Waals surface area contributed by atoms with Crippen molar-refractivity contribution in [2.24, 2.45) is 0 Å². The highest BCUT2D eigenvalue weighted by Gasteiger charge is 2.09. The highest BCUT2D eigenvalue weighted by Crippen LogP contribution is 2.26. The van der Waals surface area contributed by atoms with Gasteiger partial charge in [-0.3, -0.25) is 0 Å². The molecule has 2 aromatic carbocycles. The number of thioether (sulfide) groups is 1. The number of nitrogens with zero attached hydrogens (tertiary/aromatic N) is 1. The van der Waals surface area contributed by atoms with Gasteiger partial charge in [-0.2, -0.15) is 5.26 Å². The number of halogens is 1. The molecule has 0 saturated heterocycles. The highest BCUT2D eigenvalue weighted by molar-refractivity contribution is 7.98. The standard InChI is InChI=1S/C16H12FNO2S/c1-10-2-5-14(7-15(10)16(19)20)21-9-11-3-4-13(17)6-12(11)8-18/h2-7H,9H2,1H3,(H,19,20). The lowest BCUT2D eigenvalue weighted by Crippen LogP contribution is -1.99. The molecule has 0 atom stereocenters. The molecule has 0 aromatic heterocycles. The second kappa shape index (κ2) is 6.42. The van der Waals surface area contributed by atoms with Crippen molar-refractivity contribution in [3.8, 4) is 6.07 Å². The molecule has 0 radical (unpaired) electrons. The summed E-state index contributed by atoms with van der Waals surface area (Å²) in [5.74, 6) is -0.927. The summed E-state index contributed by atoms with van der Waals surface area (Å²) in [6, 6.07) is 11.3. The van der Waals surface area contributed by atoms with E-state index in [1.165, 1.54) is 23.9 Å². The summed E-state index contributed by atoms with van der Waals surface area (Å²) in [7, 11) is 0. The largest absolute Gasteiger partial charge is 0.478 e. The molecule has 5 heteroatoms. The van der Waals surface area contributed by atoms with Gasteiger partial charge in [-0.05, 0) is 42.3 Å². The molecule has 0 unspecified atom stereocenters. The van der Waals surface area contributed by atoms with Crippen molar-refractivity contribution >= 4 is 17.7 Å². The van der Waals surface area contributed by atoms with Crippen LogP contribution in [0.25, 0.3) is 0 Å². The van der Waals surface area contributed by atoms with E-state index in [9.17, 15) is 9.18 Å². The number of hydrogen-bond acceptors (Lipinski definition) is 3. The Morgan fingerprint density at radius 2 is 2.10 bits per heavy atom. The number of carboxylic acids is 1. The fraction of sp³-hybridized carbons (Fsp3) is 0.125. The molecule has 0 aliphatic heterocycles. The number of carboxylic acid groups (broad SMARTS) is 1. The summed E-state index contributed by atoms with van der Waals surface area (Å²) in [4.78, 5) is 11.9. The van der Waals surface area contributed by atoms with Crippen LogP contribution in [0.15, 0.2) is 41.3 Å². The number of rotatable bonds is 4. The summed E-state index contributed by atoms with van der Waals surface area (Å²) < 4.78 is 13.1. The van der Waals surface area contributed by atoms with Crippen LogP contribution in [0.3, 0.4) is 0 Å². The smallest absolute Gasteiger partial charge is 0.335 e. The van der Waals surface area contributed by atoms with Gasteiger partial charge in [-0.1, -0.05) is 12.1 Å². The highest BCUT2D eigenvalue weighted by atomic mass is 32.2. The Kier molecular flexibility index (Phi) is 4.61. The van der Waals surface area contributed by atoms with Crippen molar-refractivity contribution < 1.29 is 14.3 Å². The lowest BCUT2D eigenvalue weighted by Gasteiger charge is -2.07. The van der Waals surface area contributed by atoms with Gasteiger partial charge in [-0.25, -0.2) is 9.18 Å². The number of aromatic carboxylic acids is 1. The number of benzene rings is 2. The monoisotopic (exact) mass is 301 g/mol. The van der Waals surface area contributed by atoms with E-state index in [1.54, 1.807) is 25.1 Å². The Bertz CT molecular complexity index is 738. The molecule has 0 heterocycles. The van der Waals surface area contributed by atoms with Crippen LogP contribution in [0.4, 0.5) is 4.39 Å². The fourth-order valence-electron chi connectivity index (χ4n) is 1.86. The van der Waals surface area contributed by atoms with Crippen molar-refractivity contribution in [2.75, 3.05) is 0 Å². The molecule has 0 aliphatic rings. The van der Waals surface area contributed by atoms with Gasteiger partial charge in [0.2, 0.25) is 0 Å². The Hall–Kier alpha value is -2.32. The molecule has 0 spiro atoms. The van der Waals surface area contributed by atoms with Crippen molar-refractivity contribution in [3.05, 3.63) is 64.5 Å². The van der Waals surface area contributed by atoms with Crippen LogP contribution in [0, 0.1) is 24.1 Å². The van der Waals surface area contributed by atoms with Gasteiger partial charge < -0.3 is 5.11 Å². The van der Waals surface area contributed by atoms with Crippen LogP contribution in [0.1, 0.15) is 27.0 Å². The van der Waals surface area contributed by atoms with Crippen LogP contribution in [0.2, 0.25) is 0 Å². The topological polar surface area (TPSA) is 61.1 Å². The fourth-order valence-corrected chi connectivity index (χ4v) is 2.80. The maximum atomic E-state index is 13.1. The number of nitriles is 1. The first kappa shape index (κ1) is 15.1. The van der Waals surface area contributed by atoms with Gasteiger partial charge >= 0.3 is 5.97 Å². The summed E-state index contributed by atoms with van der Waals surface area (Å²) in [6.45, 7) is 1.74. The molecule has 2 rings (SSSR count). The third kappa shape index (κ3) is 3.61. The summed E-state index contributed by atoms with van der Waals surface area (Å²) in [6.07, 6.45) is 0. The van der Waals surface area contributed by atoms with Crippen molar-refractivity contribution in [1.29, 1.82) is 5.26 Å². The van der Waals surface area contributed by atoms with Crippen LogP contribution in [0.5, 0.6) is 0 Å². The van der Waals surface area contributed by atoms with E-state index in [2.05, 4.69) is 0 Å². The molecule has 21 heavy (non-hydrogen) atoms. The third-order valence-electron chi connectivity index (χ3n) is 3.03. The van der Waals surface area contributed by atoms with E-state index in [0.717, 1.165) is 10.5 Å². The zero-order valence-electron chi connectivity index (χ0n) is 11.3. The third-order valence-corrected chi connectivity index (χ3v) is 4.07. The van der Waals surface area contributed by atoms with Crippen LogP contribution < -0.4 is 0 Å². The lowest BCUT2D eigenvalue weighted by molar-refractivity contribution is 0.0696. The quantitative estimate of drug-likeness (QED) is 0.867. The molecule has 2 aromatic rings. The van der Waals surface area contributed by atoms with Gasteiger partial charge in [-0.15, -0.1) is 11.8 Å². The summed E-state index contributed by atoms with van der Waals surface area (Å²) >= 11 is 1.41. The normalized spacial score (nSPS) is 10.1. The molecule has 0 aliphatic carbocycles. The minimum Gasteiger partial charge on any atom is -0.478 e. The lowest BCUT2D eigenvalue weighted by atomic mass is 10.1. The number of carbonyl (C=O) groups is 1. The van der Waals surface area contributed by atoms with E-state index in [1.807, 2.05) is 12.1 Å². The molecule has 0 amide bonds. The molecule has 106 valence electrons. The van der Waals surface area contributed by atoms with E-state index < -0.39 is 11.8 Å². The number of aryl methyl sites for hydroxylation is 1. The summed E-state index contributed by atoms with van der Waals surface area (Å²) in [5, 5.41) is 18.1. The Morgan fingerprint density at radius 3 is 2.76 bits per heavy atom. The van der Waals surface area contributed by atoms with Gasteiger partial charge in [0.15, 0.2) is 0 Å². The molecule has 0 bridgehead atoms. The first-order valence-electron chi connectivity index (χ1n) is 6.16. The minimum absolute atomic E-state index is 0.264. The number of hydrogen-bond donors (Lipinski definition) is 1. The Morgan fingerprint density at radius 1 is 1.33 bits per heavy atom. The zero-order valence-corrected chi connectivity index (χ0v) is 12.1. The molecule has 1 N–H and O–H groups in total. The first-order chi connectivity index (χ1) is 10.0. The van der Waals surface area contributed by atoms with E-state index >= 15 is 0 Å². The molecule has 0 saturated carbocycles. The second-order valence-electron chi connectivity index (χ2n) is 4.48.